The van der Waals surface area contributed by atoms with E-state index in [1.807, 2.05) is 25.1 Å². The number of carbonyl (C=O) groups is 3. The van der Waals surface area contributed by atoms with Crippen LogP contribution >= 0.6 is 0 Å². The van der Waals surface area contributed by atoms with E-state index in [2.05, 4.69) is 10.6 Å². The number of hydrogen-bond acceptors (Lipinski definition) is 5. The average molecular weight is 388 g/mol. The van der Waals surface area contributed by atoms with Crippen LogP contribution in [0.15, 0.2) is 48.5 Å². The zero-order chi connectivity index (χ0) is 20.4. The summed E-state index contributed by atoms with van der Waals surface area (Å²) in [4.78, 5) is 35.0. The Morgan fingerprint density at radius 1 is 1.00 bits per heavy atom. The number of hydrogen-bond donors (Lipinski definition) is 2. The highest BCUT2D eigenvalue weighted by atomic mass is 19.1. The van der Waals surface area contributed by atoms with Crippen LogP contribution in [-0.4, -0.2) is 37.5 Å². The number of rotatable bonds is 9. The highest BCUT2D eigenvalue weighted by Gasteiger charge is 2.10. The van der Waals surface area contributed by atoms with E-state index in [0.717, 1.165) is 5.56 Å². The van der Waals surface area contributed by atoms with Crippen molar-refractivity contribution in [2.24, 2.45) is 0 Å². The van der Waals surface area contributed by atoms with Crippen LogP contribution in [0.25, 0.3) is 0 Å². The molecule has 0 atom stereocenters. The number of ether oxygens (including phenoxy) is 2. The molecule has 0 saturated heterocycles. The fourth-order valence-electron chi connectivity index (χ4n) is 2.15. The molecule has 8 heteroatoms. The normalized spacial score (nSPS) is 10.1. The standard InChI is InChI=1S/C20H21FN2O5/c1-14-4-2-3-5-17(14)27-11-10-20(26)28-13-19(25)22-12-18(24)23-16-8-6-15(21)7-9-16/h2-9H,10-13H2,1H3,(H,22,25)(H,23,24). The topological polar surface area (TPSA) is 93.7 Å². The summed E-state index contributed by atoms with van der Waals surface area (Å²) in [5.41, 5.74) is 1.36. The molecule has 28 heavy (non-hydrogen) atoms. The molecule has 2 aromatic carbocycles. The number of esters is 1. The average Bonchev–Trinajstić information content (AvgIpc) is 2.68. The molecule has 0 spiro atoms. The molecular formula is C20H21FN2O5. The first-order valence-electron chi connectivity index (χ1n) is 8.60. The van der Waals surface area contributed by atoms with Gasteiger partial charge in [0.15, 0.2) is 6.61 Å². The lowest BCUT2D eigenvalue weighted by Crippen LogP contribution is -2.35. The van der Waals surface area contributed by atoms with Gasteiger partial charge < -0.3 is 20.1 Å². The van der Waals surface area contributed by atoms with Gasteiger partial charge >= 0.3 is 5.97 Å². The Kier molecular flexibility index (Phi) is 7.95. The molecule has 0 heterocycles. The quantitative estimate of drug-likeness (QED) is 0.643. The molecule has 0 aliphatic carbocycles. The van der Waals surface area contributed by atoms with Crippen LogP contribution in [-0.2, 0) is 19.1 Å². The van der Waals surface area contributed by atoms with E-state index < -0.39 is 30.2 Å². The Hall–Kier alpha value is -3.42. The molecule has 0 radical (unpaired) electrons. The number of halogens is 1. The fourth-order valence-corrected chi connectivity index (χ4v) is 2.15. The smallest absolute Gasteiger partial charge is 0.309 e. The molecule has 2 N–H and O–H groups in total. The molecule has 2 amide bonds. The van der Waals surface area contributed by atoms with Gasteiger partial charge in [0.25, 0.3) is 5.91 Å². The van der Waals surface area contributed by atoms with Crippen molar-refractivity contribution in [2.45, 2.75) is 13.3 Å². The Labute approximate surface area is 161 Å². The zero-order valence-electron chi connectivity index (χ0n) is 15.4. The van der Waals surface area contributed by atoms with E-state index in [0.29, 0.717) is 11.4 Å². The Morgan fingerprint density at radius 3 is 2.43 bits per heavy atom. The van der Waals surface area contributed by atoms with Crippen molar-refractivity contribution in [1.29, 1.82) is 0 Å². The van der Waals surface area contributed by atoms with Gasteiger partial charge in [0, 0.05) is 5.69 Å². The molecule has 0 unspecified atom stereocenters. The van der Waals surface area contributed by atoms with Crippen LogP contribution in [0.2, 0.25) is 0 Å². The van der Waals surface area contributed by atoms with Gasteiger partial charge in [0.1, 0.15) is 11.6 Å². The van der Waals surface area contributed by atoms with E-state index in [1.165, 1.54) is 24.3 Å². The summed E-state index contributed by atoms with van der Waals surface area (Å²) in [6.45, 7) is 1.23. The van der Waals surface area contributed by atoms with Gasteiger partial charge in [-0.3, -0.25) is 14.4 Å². The van der Waals surface area contributed by atoms with Gasteiger partial charge in [-0.25, -0.2) is 4.39 Å². The van der Waals surface area contributed by atoms with Crippen molar-refractivity contribution in [2.75, 3.05) is 25.1 Å². The summed E-state index contributed by atoms with van der Waals surface area (Å²) >= 11 is 0. The minimum absolute atomic E-state index is 0.00727. The Bertz CT molecular complexity index is 824. The predicted molar refractivity (Wildman–Crippen MR) is 100 cm³/mol. The van der Waals surface area contributed by atoms with Gasteiger partial charge in [-0.15, -0.1) is 0 Å². The molecule has 2 aromatic rings. The summed E-state index contributed by atoms with van der Waals surface area (Å²) in [5, 5.41) is 4.82. The lowest BCUT2D eigenvalue weighted by molar-refractivity contribution is -0.149. The van der Waals surface area contributed by atoms with Gasteiger partial charge in [0.05, 0.1) is 19.6 Å². The second-order valence-corrected chi connectivity index (χ2v) is 5.86. The van der Waals surface area contributed by atoms with Crippen LogP contribution < -0.4 is 15.4 Å². The second kappa shape index (κ2) is 10.7. The third kappa shape index (κ3) is 7.45. The molecule has 148 valence electrons. The minimum Gasteiger partial charge on any atom is -0.493 e. The number of aryl methyl sites for hydroxylation is 1. The molecule has 2 rings (SSSR count). The van der Waals surface area contributed by atoms with Crippen molar-refractivity contribution < 1.29 is 28.2 Å². The van der Waals surface area contributed by atoms with E-state index in [-0.39, 0.29) is 19.6 Å². The summed E-state index contributed by atoms with van der Waals surface area (Å²) in [5.74, 6) is -1.42. The summed E-state index contributed by atoms with van der Waals surface area (Å²) in [6.07, 6.45) is -0.00727. The Balaban J connectivity index is 1.59. The minimum atomic E-state index is -0.609. The highest BCUT2D eigenvalue weighted by molar-refractivity contribution is 5.94. The first-order chi connectivity index (χ1) is 13.4. The third-order valence-electron chi connectivity index (χ3n) is 3.60. The van der Waals surface area contributed by atoms with E-state index in [1.54, 1.807) is 6.07 Å². The molecule has 0 saturated carbocycles. The van der Waals surface area contributed by atoms with Crippen molar-refractivity contribution in [3.8, 4) is 5.75 Å². The monoisotopic (exact) mass is 388 g/mol. The Morgan fingerprint density at radius 2 is 1.71 bits per heavy atom. The molecule has 0 aromatic heterocycles. The van der Waals surface area contributed by atoms with Crippen molar-refractivity contribution in [1.82, 2.24) is 5.32 Å². The molecular weight excluding hydrogens is 367 g/mol. The lowest BCUT2D eigenvalue weighted by Gasteiger charge is -2.09. The lowest BCUT2D eigenvalue weighted by atomic mass is 10.2. The van der Waals surface area contributed by atoms with Crippen LogP contribution in [0, 0.1) is 12.7 Å². The van der Waals surface area contributed by atoms with Crippen molar-refractivity contribution >= 4 is 23.5 Å². The number of carbonyl (C=O) groups excluding carboxylic acids is 3. The van der Waals surface area contributed by atoms with E-state index in [4.69, 9.17) is 9.47 Å². The van der Waals surface area contributed by atoms with Crippen LogP contribution in [0.4, 0.5) is 10.1 Å². The van der Waals surface area contributed by atoms with Gasteiger partial charge in [-0.05, 0) is 42.8 Å². The summed E-state index contributed by atoms with van der Waals surface area (Å²) in [6, 6.07) is 12.6. The zero-order valence-corrected chi connectivity index (χ0v) is 15.4. The first-order valence-corrected chi connectivity index (χ1v) is 8.60. The summed E-state index contributed by atoms with van der Waals surface area (Å²) in [7, 11) is 0. The predicted octanol–water partition coefficient (Wildman–Crippen LogP) is 2.20. The largest absolute Gasteiger partial charge is 0.493 e. The van der Waals surface area contributed by atoms with E-state index in [9.17, 15) is 18.8 Å². The number of amides is 2. The van der Waals surface area contributed by atoms with Gasteiger partial charge in [0.2, 0.25) is 5.91 Å². The van der Waals surface area contributed by atoms with Gasteiger partial charge in [-0.1, -0.05) is 18.2 Å². The molecule has 7 nitrogen and oxygen atoms in total. The van der Waals surface area contributed by atoms with Crippen LogP contribution in [0.3, 0.4) is 0 Å². The van der Waals surface area contributed by atoms with E-state index >= 15 is 0 Å². The second-order valence-electron chi connectivity index (χ2n) is 5.86. The maximum absolute atomic E-state index is 12.8. The number of para-hydroxylation sites is 1. The number of nitrogens with one attached hydrogen (secondary N) is 2. The fraction of sp³-hybridized carbons (Fsp3) is 0.250. The number of benzene rings is 2. The van der Waals surface area contributed by atoms with Crippen molar-refractivity contribution in [3.05, 3.63) is 59.9 Å². The highest BCUT2D eigenvalue weighted by Crippen LogP contribution is 2.16. The molecule has 0 bridgehead atoms. The molecule has 0 aliphatic heterocycles. The van der Waals surface area contributed by atoms with Crippen molar-refractivity contribution in [3.63, 3.8) is 0 Å². The SMILES string of the molecule is Cc1ccccc1OCCC(=O)OCC(=O)NCC(=O)Nc1ccc(F)cc1. The third-order valence-corrected chi connectivity index (χ3v) is 3.60. The van der Waals surface area contributed by atoms with Crippen LogP contribution in [0.5, 0.6) is 5.75 Å². The first kappa shape index (κ1) is 20.9. The number of anilines is 1. The van der Waals surface area contributed by atoms with Crippen LogP contribution in [0.1, 0.15) is 12.0 Å². The molecule has 0 fully saturated rings. The maximum atomic E-state index is 12.8. The molecule has 0 aliphatic rings. The van der Waals surface area contributed by atoms with Gasteiger partial charge in [-0.2, -0.15) is 0 Å². The summed E-state index contributed by atoms with van der Waals surface area (Å²) < 4.78 is 23.1. The maximum Gasteiger partial charge on any atom is 0.309 e.